The molecule has 0 radical (unpaired) electrons. The van der Waals surface area contributed by atoms with E-state index in [1.807, 2.05) is 11.8 Å². The summed E-state index contributed by atoms with van der Waals surface area (Å²) in [6, 6.07) is 4.40. The third-order valence-electron chi connectivity index (χ3n) is 8.90. The van der Waals surface area contributed by atoms with Gasteiger partial charge in [0.25, 0.3) is 17.5 Å². The highest BCUT2D eigenvalue weighted by atomic mass is 32.2. The number of fused-ring (bicyclic) bond motifs is 1. The number of benzene rings is 1. The number of hydroxylamine groups is 2. The van der Waals surface area contributed by atoms with E-state index >= 15 is 0 Å². The minimum absolute atomic E-state index is 0.00105. The molecule has 1 aromatic carbocycles. The molecule has 4 unspecified atom stereocenters. The number of carbonyl (C=O) groups is 6. The normalized spacial score (nSPS) is 19.3. The smallest absolute Gasteiger partial charge is 0.425 e. The standard InChI is InChI=1S/C35H50N6O14S/c1-23(54-35(47)55-40-31(44)8-9-32(40)45)25-20-24(6-7-27(25)41(48)49)21-37-30(43)10-12-50-14-16-52-18-19-53-17-15-51-13-11-36-29(42)5-3-2-4-28-33-26(22-56-28)38-34(46)39-33/h6-7,20,23,26,28,33H,2-5,8-19,21-22H2,1H3,(H,36,42)(H,37,43)(H2,38,39,46). The van der Waals surface area contributed by atoms with Crippen molar-refractivity contribution in [2.75, 3.05) is 65.2 Å². The van der Waals surface area contributed by atoms with Gasteiger partial charge in [-0.3, -0.25) is 34.1 Å². The minimum atomic E-state index is -1.37. The number of nitro groups is 1. The second-order valence-corrected chi connectivity index (χ2v) is 14.3. The first-order valence-electron chi connectivity index (χ1n) is 18.6. The fraction of sp³-hybridized carbons (Fsp3) is 0.657. The molecule has 3 fully saturated rings. The second-order valence-electron chi connectivity index (χ2n) is 13.0. The molecule has 0 spiro atoms. The van der Waals surface area contributed by atoms with Crippen molar-refractivity contribution in [2.45, 2.75) is 81.9 Å². The number of carbonyl (C=O) groups excluding carboxylic acids is 6. The fourth-order valence-electron chi connectivity index (χ4n) is 6.01. The van der Waals surface area contributed by atoms with E-state index in [2.05, 4.69) is 26.1 Å². The largest absolute Gasteiger partial charge is 0.534 e. The summed E-state index contributed by atoms with van der Waals surface area (Å²) in [6.07, 6.45) is 0.489. The van der Waals surface area contributed by atoms with Gasteiger partial charge in [0.15, 0.2) is 0 Å². The summed E-state index contributed by atoms with van der Waals surface area (Å²) >= 11 is 1.88. The number of hydrogen-bond acceptors (Lipinski definition) is 15. The van der Waals surface area contributed by atoms with Gasteiger partial charge >= 0.3 is 12.2 Å². The Kier molecular flexibility index (Phi) is 18.5. The monoisotopic (exact) mass is 810 g/mol. The van der Waals surface area contributed by atoms with Crippen molar-refractivity contribution >= 4 is 53.3 Å². The third kappa shape index (κ3) is 14.8. The Hall–Kier alpha value is -4.57. The van der Waals surface area contributed by atoms with Crippen LogP contribution in [0.4, 0.5) is 15.3 Å². The summed E-state index contributed by atoms with van der Waals surface area (Å²) in [5, 5.41) is 23.8. The molecule has 21 heteroatoms. The average molecular weight is 811 g/mol. The molecule has 1 aromatic rings. The number of thioether (sulfide) groups is 1. The SMILES string of the molecule is CC(OC(=O)ON1C(=O)CCC1=O)c1cc(CNC(=O)CCOCCOCCOCCOCCNC(=O)CCCCC2SCC3NC(=O)NC32)ccc1[N+](=O)[O-]. The van der Waals surface area contributed by atoms with Gasteiger partial charge in [0.05, 0.1) is 75.4 Å². The Morgan fingerprint density at radius 1 is 0.893 bits per heavy atom. The second kappa shape index (κ2) is 23.5. The van der Waals surface area contributed by atoms with Gasteiger partial charge in [0.2, 0.25) is 11.8 Å². The van der Waals surface area contributed by atoms with Gasteiger partial charge in [-0.15, -0.1) is 0 Å². The van der Waals surface area contributed by atoms with Crippen molar-refractivity contribution in [3.05, 3.63) is 39.4 Å². The lowest BCUT2D eigenvalue weighted by Crippen LogP contribution is -2.36. The molecule has 6 amide bonds. The Labute approximate surface area is 327 Å². The van der Waals surface area contributed by atoms with Gasteiger partial charge in [-0.25, -0.2) is 9.59 Å². The average Bonchev–Trinajstić information content (AvgIpc) is 3.83. The van der Waals surface area contributed by atoms with E-state index in [4.69, 9.17) is 23.7 Å². The van der Waals surface area contributed by atoms with Crippen molar-refractivity contribution in [1.29, 1.82) is 0 Å². The van der Waals surface area contributed by atoms with Gasteiger partial charge in [-0.1, -0.05) is 17.6 Å². The van der Waals surface area contributed by atoms with Crippen LogP contribution in [-0.4, -0.2) is 128 Å². The molecule has 20 nitrogen and oxygen atoms in total. The molecule has 3 aliphatic rings. The van der Waals surface area contributed by atoms with E-state index < -0.39 is 29.0 Å². The number of ether oxygens (including phenoxy) is 5. The number of nitrogens with one attached hydrogen (secondary N) is 4. The molecule has 0 aliphatic carbocycles. The number of imide groups is 1. The lowest BCUT2D eigenvalue weighted by atomic mass is 10.0. The van der Waals surface area contributed by atoms with Gasteiger partial charge in [-0.2, -0.15) is 11.8 Å². The van der Waals surface area contributed by atoms with Crippen LogP contribution in [0.5, 0.6) is 0 Å². The zero-order valence-corrected chi connectivity index (χ0v) is 32.1. The van der Waals surface area contributed by atoms with Crippen molar-refractivity contribution in [1.82, 2.24) is 26.3 Å². The van der Waals surface area contributed by atoms with Gasteiger partial charge in [-0.05, 0) is 31.4 Å². The molecule has 0 bridgehead atoms. The highest BCUT2D eigenvalue weighted by molar-refractivity contribution is 8.00. The molecule has 56 heavy (non-hydrogen) atoms. The molecule has 310 valence electrons. The predicted octanol–water partition coefficient (Wildman–Crippen LogP) is 1.79. The topological polar surface area (TPSA) is 252 Å². The van der Waals surface area contributed by atoms with E-state index in [1.165, 1.54) is 25.1 Å². The molecular weight excluding hydrogens is 760 g/mol. The minimum Gasteiger partial charge on any atom is -0.425 e. The molecule has 3 saturated heterocycles. The van der Waals surface area contributed by atoms with E-state index in [9.17, 15) is 38.9 Å². The number of unbranched alkanes of at least 4 members (excludes halogenated alkanes) is 1. The first kappa shape index (κ1) is 44.1. The van der Waals surface area contributed by atoms with Crippen LogP contribution < -0.4 is 21.3 Å². The Morgan fingerprint density at radius 3 is 2.21 bits per heavy atom. The number of rotatable bonds is 26. The summed E-state index contributed by atoms with van der Waals surface area (Å²) in [5.74, 6) is -0.786. The van der Waals surface area contributed by atoms with E-state index in [0.717, 1.165) is 25.0 Å². The van der Waals surface area contributed by atoms with Gasteiger partial charge in [0, 0.05) is 55.8 Å². The van der Waals surface area contributed by atoms with Crippen LogP contribution in [0.2, 0.25) is 0 Å². The summed E-state index contributed by atoms with van der Waals surface area (Å²) < 4.78 is 26.9. The Balaban J connectivity index is 0.936. The summed E-state index contributed by atoms with van der Waals surface area (Å²) in [6.45, 7) is 4.42. The van der Waals surface area contributed by atoms with Crippen LogP contribution in [0.25, 0.3) is 0 Å². The van der Waals surface area contributed by atoms with Gasteiger partial charge in [0.1, 0.15) is 6.10 Å². The molecule has 4 N–H and O–H groups in total. The Morgan fingerprint density at radius 2 is 1.54 bits per heavy atom. The maximum absolute atomic E-state index is 12.3. The van der Waals surface area contributed by atoms with E-state index in [0.29, 0.717) is 68.5 Å². The molecular formula is C35H50N6O14S. The summed E-state index contributed by atoms with van der Waals surface area (Å²) in [5.41, 5.74) is 0.180. The molecule has 3 heterocycles. The van der Waals surface area contributed by atoms with Crippen molar-refractivity contribution in [3.8, 4) is 0 Å². The molecule has 3 aliphatic heterocycles. The van der Waals surface area contributed by atoms with Crippen LogP contribution in [-0.2, 0) is 54.2 Å². The van der Waals surface area contributed by atoms with Crippen LogP contribution in [0.15, 0.2) is 18.2 Å². The Bertz CT molecular complexity index is 1520. The quantitative estimate of drug-likeness (QED) is 0.0260. The van der Waals surface area contributed by atoms with Crippen LogP contribution in [0, 0.1) is 10.1 Å². The lowest BCUT2D eigenvalue weighted by Gasteiger charge is -2.17. The number of urea groups is 1. The summed E-state index contributed by atoms with van der Waals surface area (Å²) in [7, 11) is 0. The third-order valence-corrected chi connectivity index (χ3v) is 10.4. The first-order valence-corrected chi connectivity index (χ1v) is 19.6. The number of amides is 6. The van der Waals surface area contributed by atoms with E-state index in [-0.39, 0.29) is 80.2 Å². The van der Waals surface area contributed by atoms with Crippen molar-refractivity contribution in [2.24, 2.45) is 0 Å². The van der Waals surface area contributed by atoms with Gasteiger partial charge < -0.3 is 45.0 Å². The lowest BCUT2D eigenvalue weighted by molar-refractivity contribution is -0.386. The van der Waals surface area contributed by atoms with E-state index in [1.54, 1.807) is 0 Å². The fourth-order valence-corrected chi connectivity index (χ4v) is 7.55. The number of nitrogens with zero attached hydrogens (tertiary/aromatic N) is 2. The van der Waals surface area contributed by atoms with Crippen molar-refractivity contribution in [3.63, 3.8) is 0 Å². The maximum Gasteiger partial charge on any atom is 0.534 e. The van der Waals surface area contributed by atoms with Crippen LogP contribution in [0.3, 0.4) is 0 Å². The highest BCUT2D eigenvalue weighted by Gasteiger charge is 2.42. The molecule has 4 rings (SSSR count). The number of nitro benzene ring substituents is 1. The number of hydrogen-bond donors (Lipinski definition) is 4. The zero-order chi connectivity index (χ0) is 40.3. The van der Waals surface area contributed by atoms with Crippen LogP contribution in [0.1, 0.15) is 69.1 Å². The molecule has 0 saturated carbocycles. The molecule has 4 atom stereocenters. The maximum atomic E-state index is 12.3. The van der Waals surface area contributed by atoms with Crippen LogP contribution >= 0.6 is 11.8 Å². The van der Waals surface area contributed by atoms with Crippen molar-refractivity contribution < 1.29 is 62.2 Å². The summed E-state index contributed by atoms with van der Waals surface area (Å²) in [4.78, 5) is 86.9. The zero-order valence-electron chi connectivity index (χ0n) is 31.3. The molecule has 0 aromatic heterocycles. The highest BCUT2D eigenvalue weighted by Crippen LogP contribution is 2.33. The first-order chi connectivity index (χ1) is 27.0. The predicted molar refractivity (Wildman–Crippen MR) is 197 cm³/mol.